The molecule has 1 aromatic carbocycles. The molecule has 1 aromatic rings. The Hall–Kier alpha value is -1.50. The van der Waals surface area contributed by atoms with Crippen LogP contribution in [0.15, 0.2) is 37.4 Å². The molecule has 0 saturated heterocycles. The van der Waals surface area contributed by atoms with Crippen molar-refractivity contribution in [2.24, 2.45) is 5.92 Å². The largest absolute Gasteiger partial charge is 0.497 e. The SMILES string of the molecule is C=Cc1cc(OC)ccc1C[C@H](C=C)CC. The van der Waals surface area contributed by atoms with Gasteiger partial charge >= 0.3 is 0 Å². The molecule has 0 N–H and O–H groups in total. The van der Waals surface area contributed by atoms with Crippen molar-refractivity contribution in [3.05, 3.63) is 48.6 Å². The first-order valence-electron chi connectivity index (χ1n) is 5.67. The Labute approximate surface area is 98.5 Å². The Kier molecular flexibility index (Phi) is 4.84. The van der Waals surface area contributed by atoms with Crippen LogP contribution in [-0.4, -0.2) is 7.11 Å². The number of ether oxygens (including phenoxy) is 1. The molecule has 1 atom stereocenters. The Morgan fingerprint density at radius 2 is 2.12 bits per heavy atom. The minimum Gasteiger partial charge on any atom is -0.497 e. The molecule has 0 aromatic heterocycles. The maximum Gasteiger partial charge on any atom is 0.119 e. The van der Waals surface area contributed by atoms with Gasteiger partial charge in [0, 0.05) is 0 Å². The summed E-state index contributed by atoms with van der Waals surface area (Å²) >= 11 is 0. The molecule has 0 amide bonds. The number of hydrogen-bond donors (Lipinski definition) is 0. The van der Waals surface area contributed by atoms with Gasteiger partial charge in [0.1, 0.15) is 5.75 Å². The maximum atomic E-state index is 5.20. The fourth-order valence-corrected chi connectivity index (χ4v) is 1.75. The predicted molar refractivity (Wildman–Crippen MR) is 70.8 cm³/mol. The lowest BCUT2D eigenvalue weighted by Crippen LogP contribution is -2.01. The summed E-state index contributed by atoms with van der Waals surface area (Å²) in [4.78, 5) is 0. The van der Waals surface area contributed by atoms with E-state index in [0.717, 1.165) is 24.2 Å². The maximum absolute atomic E-state index is 5.20. The van der Waals surface area contributed by atoms with Crippen LogP contribution >= 0.6 is 0 Å². The minimum atomic E-state index is 0.534. The first-order valence-corrected chi connectivity index (χ1v) is 5.67. The molecule has 0 aliphatic carbocycles. The molecule has 0 unspecified atom stereocenters. The topological polar surface area (TPSA) is 9.23 Å². The predicted octanol–water partition coefficient (Wildman–Crippen LogP) is 4.09. The molecule has 0 spiro atoms. The van der Waals surface area contributed by atoms with Crippen LogP contribution in [0.2, 0.25) is 0 Å². The van der Waals surface area contributed by atoms with Crippen molar-refractivity contribution in [2.75, 3.05) is 7.11 Å². The zero-order valence-electron chi connectivity index (χ0n) is 10.2. The van der Waals surface area contributed by atoms with E-state index in [4.69, 9.17) is 4.74 Å². The molecule has 86 valence electrons. The third-order valence-corrected chi connectivity index (χ3v) is 2.91. The summed E-state index contributed by atoms with van der Waals surface area (Å²) in [5, 5.41) is 0. The van der Waals surface area contributed by atoms with E-state index in [9.17, 15) is 0 Å². The van der Waals surface area contributed by atoms with E-state index in [-0.39, 0.29) is 0 Å². The fourth-order valence-electron chi connectivity index (χ4n) is 1.75. The van der Waals surface area contributed by atoms with Crippen molar-refractivity contribution in [3.63, 3.8) is 0 Å². The van der Waals surface area contributed by atoms with Crippen molar-refractivity contribution >= 4 is 6.08 Å². The summed E-state index contributed by atoms with van der Waals surface area (Å²) in [5.41, 5.74) is 2.46. The van der Waals surface area contributed by atoms with Crippen LogP contribution in [0.4, 0.5) is 0 Å². The highest BCUT2D eigenvalue weighted by Gasteiger charge is 2.07. The summed E-state index contributed by atoms with van der Waals surface area (Å²) in [6, 6.07) is 6.14. The molecule has 0 heterocycles. The summed E-state index contributed by atoms with van der Waals surface area (Å²) < 4.78 is 5.20. The number of hydrogen-bond acceptors (Lipinski definition) is 1. The quantitative estimate of drug-likeness (QED) is 0.651. The molecule has 0 bridgehead atoms. The Balaban J connectivity index is 2.94. The van der Waals surface area contributed by atoms with Gasteiger partial charge in [-0.15, -0.1) is 6.58 Å². The van der Waals surface area contributed by atoms with Crippen molar-refractivity contribution < 1.29 is 4.74 Å². The highest BCUT2D eigenvalue weighted by atomic mass is 16.5. The van der Waals surface area contributed by atoms with Gasteiger partial charge in [0.25, 0.3) is 0 Å². The number of benzene rings is 1. The lowest BCUT2D eigenvalue weighted by Gasteiger charge is -2.13. The number of rotatable bonds is 6. The highest BCUT2D eigenvalue weighted by Crippen LogP contribution is 2.22. The van der Waals surface area contributed by atoms with Crippen LogP contribution in [0.25, 0.3) is 6.08 Å². The van der Waals surface area contributed by atoms with Gasteiger partial charge in [-0.1, -0.05) is 31.7 Å². The van der Waals surface area contributed by atoms with Gasteiger partial charge in [0.2, 0.25) is 0 Å². The third kappa shape index (κ3) is 2.99. The summed E-state index contributed by atoms with van der Waals surface area (Å²) in [6.45, 7) is 9.90. The number of allylic oxidation sites excluding steroid dienone is 1. The second-order valence-electron chi connectivity index (χ2n) is 3.88. The molecule has 1 rings (SSSR count). The second kappa shape index (κ2) is 6.16. The minimum absolute atomic E-state index is 0.534. The van der Waals surface area contributed by atoms with Gasteiger partial charge in [-0.25, -0.2) is 0 Å². The Bertz CT molecular complexity index is 366. The van der Waals surface area contributed by atoms with E-state index >= 15 is 0 Å². The monoisotopic (exact) mass is 216 g/mol. The van der Waals surface area contributed by atoms with Crippen molar-refractivity contribution in [1.82, 2.24) is 0 Å². The second-order valence-corrected chi connectivity index (χ2v) is 3.88. The molecule has 0 radical (unpaired) electrons. The van der Waals surface area contributed by atoms with Gasteiger partial charge in [-0.05, 0) is 42.0 Å². The lowest BCUT2D eigenvalue weighted by atomic mass is 9.94. The average Bonchev–Trinajstić information content (AvgIpc) is 2.35. The van der Waals surface area contributed by atoms with Gasteiger partial charge in [-0.2, -0.15) is 0 Å². The molecule has 1 heteroatoms. The standard InChI is InChI=1S/C15H20O/c1-5-12(6-2)10-14-8-9-15(16-4)11-13(14)7-3/h5,7-9,11-12H,1,3,6,10H2,2,4H3/t12-/m1/s1. The van der Waals surface area contributed by atoms with Crippen molar-refractivity contribution in [2.45, 2.75) is 19.8 Å². The zero-order chi connectivity index (χ0) is 12.0. The van der Waals surface area contributed by atoms with Crippen molar-refractivity contribution in [1.29, 1.82) is 0 Å². The first-order chi connectivity index (χ1) is 7.74. The van der Waals surface area contributed by atoms with Gasteiger partial charge < -0.3 is 4.74 Å². The smallest absolute Gasteiger partial charge is 0.119 e. The van der Waals surface area contributed by atoms with Gasteiger partial charge in [0.05, 0.1) is 7.11 Å². The average molecular weight is 216 g/mol. The van der Waals surface area contributed by atoms with Gasteiger partial charge in [0.15, 0.2) is 0 Å². The van der Waals surface area contributed by atoms with Crippen LogP contribution in [0.5, 0.6) is 5.75 Å². The summed E-state index contributed by atoms with van der Waals surface area (Å²) in [6.07, 6.45) is 6.04. The molecule has 0 saturated carbocycles. The van der Waals surface area contributed by atoms with Crippen LogP contribution in [0, 0.1) is 5.92 Å². The van der Waals surface area contributed by atoms with E-state index in [0.29, 0.717) is 5.92 Å². The summed E-state index contributed by atoms with van der Waals surface area (Å²) in [5.74, 6) is 1.41. The van der Waals surface area contributed by atoms with E-state index in [1.54, 1.807) is 7.11 Å². The van der Waals surface area contributed by atoms with Gasteiger partial charge in [-0.3, -0.25) is 0 Å². The lowest BCUT2D eigenvalue weighted by molar-refractivity contribution is 0.414. The van der Waals surface area contributed by atoms with E-state index in [1.807, 2.05) is 24.3 Å². The van der Waals surface area contributed by atoms with Crippen LogP contribution in [-0.2, 0) is 6.42 Å². The molecule has 16 heavy (non-hydrogen) atoms. The number of methoxy groups -OCH3 is 1. The molecular weight excluding hydrogens is 196 g/mol. The molecule has 0 aliphatic rings. The third-order valence-electron chi connectivity index (χ3n) is 2.91. The normalized spacial score (nSPS) is 11.9. The zero-order valence-corrected chi connectivity index (χ0v) is 10.2. The molecule has 0 fully saturated rings. The Morgan fingerprint density at radius 1 is 1.38 bits per heavy atom. The molecular formula is C15H20O. The Morgan fingerprint density at radius 3 is 2.62 bits per heavy atom. The first kappa shape index (κ1) is 12.6. The highest BCUT2D eigenvalue weighted by molar-refractivity contribution is 5.54. The molecule has 1 nitrogen and oxygen atoms in total. The van der Waals surface area contributed by atoms with Crippen molar-refractivity contribution in [3.8, 4) is 5.75 Å². The van der Waals surface area contributed by atoms with E-state index in [2.05, 4.69) is 26.1 Å². The van der Waals surface area contributed by atoms with Crippen LogP contribution in [0.1, 0.15) is 24.5 Å². The van der Waals surface area contributed by atoms with Crippen LogP contribution < -0.4 is 4.74 Å². The fraction of sp³-hybridized carbons (Fsp3) is 0.333. The van der Waals surface area contributed by atoms with E-state index < -0.39 is 0 Å². The molecule has 0 aliphatic heterocycles. The van der Waals surface area contributed by atoms with E-state index in [1.165, 1.54) is 5.56 Å². The summed E-state index contributed by atoms with van der Waals surface area (Å²) in [7, 11) is 1.68. The van der Waals surface area contributed by atoms with Crippen LogP contribution in [0.3, 0.4) is 0 Å².